The quantitative estimate of drug-likeness (QED) is 0.787. The summed E-state index contributed by atoms with van der Waals surface area (Å²) >= 11 is 0. The Morgan fingerprint density at radius 2 is 1.91 bits per heavy atom. The molecule has 0 unspecified atom stereocenters. The lowest BCUT2D eigenvalue weighted by Crippen LogP contribution is -2.44. The molecule has 23 heavy (non-hydrogen) atoms. The van der Waals surface area contributed by atoms with Gasteiger partial charge in [-0.25, -0.2) is 8.42 Å². The van der Waals surface area contributed by atoms with E-state index in [1.54, 1.807) is 42.3 Å². The van der Waals surface area contributed by atoms with E-state index in [2.05, 4.69) is 4.90 Å². The van der Waals surface area contributed by atoms with Gasteiger partial charge >= 0.3 is 0 Å². The lowest BCUT2D eigenvalue weighted by atomic mass is 10.1. The molecule has 0 saturated carbocycles. The molecule has 2 saturated heterocycles. The largest absolute Gasteiger partial charge is 0.378 e. The average Bonchev–Trinajstić information content (AvgIpc) is 2.72. The van der Waals surface area contributed by atoms with Gasteiger partial charge in [0.05, 0.1) is 35.8 Å². The molecule has 1 amide bonds. The van der Waals surface area contributed by atoms with Gasteiger partial charge in [-0.15, -0.1) is 0 Å². The first-order valence-corrected chi connectivity index (χ1v) is 9.47. The minimum absolute atomic E-state index is 0.00516. The van der Waals surface area contributed by atoms with Gasteiger partial charge in [-0.1, -0.05) is 18.2 Å². The molecule has 0 N–H and O–H groups in total. The molecule has 0 radical (unpaired) electrons. The van der Waals surface area contributed by atoms with Crippen molar-refractivity contribution in [1.82, 2.24) is 9.80 Å². The van der Waals surface area contributed by atoms with Crippen LogP contribution in [0.3, 0.4) is 0 Å². The lowest BCUT2D eigenvalue weighted by molar-refractivity contribution is -0.133. The molecule has 2 fully saturated rings. The van der Waals surface area contributed by atoms with Crippen LogP contribution in [0.15, 0.2) is 35.2 Å². The Morgan fingerprint density at radius 3 is 2.65 bits per heavy atom. The lowest BCUT2D eigenvalue weighted by Gasteiger charge is -2.29. The van der Waals surface area contributed by atoms with Crippen LogP contribution < -0.4 is 0 Å². The molecule has 2 bridgehead atoms. The first-order chi connectivity index (χ1) is 11.0. The van der Waals surface area contributed by atoms with Gasteiger partial charge in [0.1, 0.15) is 0 Å². The van der Waals surface area contributed by atoms with Crippen LogP contribution in [-0.4, -0.2) is 75.8 Å². The second-order valence-corrected chi connectivity index (χ2v) is 8.34. The Balaban J connectivity index is 1.68. The molecule has 2 atom stereocenters. The van der Waals surface area contributed by atoms with Crippen molar-refractivity contribution < 1.29 is 17.9 Å². The van der Waals surface area contributed by atoms with Crippen molar-refractivity contribution in [1.29, 1.82) is 0 Å². The van der Waals surface area contributed by atoms with Gasteiger partial charge in [0.25, 0.3) is 0 Å². The van der Waals surface area contributed by atoms with E-state index in [4.69, 9.17) is 4.74 Å². The fourth-order valence-electron chi connectivity index (χ4n) is 3.17. The zero-order valence-electron chi connectivity index (χ0n) is 13.2. The molecule has 3 rings (SSSR count). The number of carbonyl (C=O) groups excluding carboxylic acids is 1. The van der Waals surface area contributed by atoms with Crippen LogP contribution in [0, 0.1) is 5.92 Å². The molecule has 0 aliphatic carbocycles. The van der Waals surface area contributed by atoms with Crippen LogP contribution in [0.2, 0.25) is 0 Å². The standard InChI is InChI=1S/C16H22N2O4S/c1-17-14-10-18(9-13(16(17)19)11-22-12-14)7-8-23(20,21)15-5-3-2-4-6-15/h2-6,13-14H,7-12H2,1H3/t13-,14+/m1/s1. The normalized spacial score (nSPS) is 26.1. The van der Waals surface area contributed by atoms with Crippen LogP contribution in [-0.2, 0) is 19.4 Å². The van der Waals surface area contributed by atoms with Gasteiger partial charge in [0, 0.05) is 26.7 Å². The highest BCUT2D eigenvalue weighted by Crippen LogP contribution is 2.20. The summed E-state index contributed by atoms with van der Waals surface area (Å²) in [5.74, 6) is -0.0391. The second kappa shape index (κ2) is 6.59. The van der Waals surface area contributed by atoms with E-state index in [0.717, 1.165) is 0 Å². The Kier molecular flexibility index (Phi) is 4.70. The number of nitrogens with zero attached hydrogens (tertiary/aromatic N) is 2. The van der Waals surface area contributed by atoms with Gasteiger partial charge in [-0.2, -0.15) is 0 Å². The summed E-state index contributed by atoms with van der Waals surface area (Å²) in [5, 5.41) is 0. The SMILES string of the molecule is CN1C(=O)[C@H]2COC[C@@H]1CN(CCS(=O)(=O)c1ccccc1)C2. The molecular formula is C16H22N2O4S. The molecule has 2 aliphatic rings. The van der Waals surface area contributed by atoms with E-state index in [-0.39, 0.29) is 23.6 Å². The molecular weight excluding hydrogens is 316 g/mol. The minimum atomic E-state index is -3.29. The van der Waals surface area contributed by atoms with E-state index < -0.39 is 9.84 Å². The number of sulfone groups is 1. The molecule has 1 aromatic rings. The summed E-state index contributed by atoms with van der Waals surface area (Å²) in [6.07, 6.45) is 0. The predicted octanol–water partition coefficient (Wildman–Crippen LogP) is 0.249. The third kappa shape index (κ3) is 3.57. The first-order valence-electron chi connectivity index (χ1n) is 7.82. The van der Waals surface area contributed by atoms with E-state index in [0.29, 0.717) is 37.7 Å². The van der Waals surface area contributed by atoms with Gasteiger partial charge < -0.3 is 9.64 Å². The number of likely N-dealkylation sites (N-methyl/N-ethyl adjacent to an activating group) is 1. The number of hydrogen-bond acceptors (Lipinski definition) is 5. The number of carbonyl (C=O) groups is 1. The first kappa shape index (κ1) is 16.4. The summed E-state index contributed by atoms with van der Waals surface area (Å²) in [6.45, 7) is 2.58. The summed E-state index contributed by atoms with van der Waals surface area (Å²) in [5.41, 5.74) is 0. The average molecular weight is 338 g/mol. The molecule has 7 heteroatoms. The molecule has 0 aromatic heterocycles. The van der Waals surface area contributed by atoms with Crippen LogP contribution in [0.1, 0.15) is 0 Å². The van der Waals surface area contributed by atoms with E-state index >= 15 is 0 Å². The maximum absolute atomic E-state index is 12.4. The zero-order chi connectivity index (χ0) is 16.4. The fourth-order valence-corrected chi connectivity index (χ4v) is 4.47. The highest BCUT2D eigenvalue weighted by Gasteiger charge is 2.37. The van der Waals surface area contributed by atoms with Gasteiger partial charge in [-0.3, -0.25) is 9.69 Å². The topological polar surface area (TPSA) is 66.9 Å². The van der Waals surface area contributed by atoms with E-state index in [1.165, 1.54) is 0 Å². The van der Waals surface area contributed by atoms with Crippen LogP contribution in [0.5, 0.6) is 0 Å². The molecule has 2 heterocycles. The third-order valence-corrected chi connectivity index (χ3v) is 6.31. The number of fused-ring (bicyclic) bond motifs is 3. The van der Waals surface area contributed by atoms with E-state index in [1.807, 2.05) is 0 Å². The Hall–Kier alpha value is -1.44. The van der Waals surface area contributed by atoms with Gasteiger partial charge in [0.15, 0.2) is 9.84 Å². The number of rotatable bonds is 4. The molecule has 1 aromatic carbocycles. The number of amides is 1. The number of ether oxygens (including phenoxy) is 1. The number of hydrogen-bond donors (Lipinski definition) is 0. The summed E-state index contributed by atoms with van der Waals surface area (Å²) < 4.78 is 30.4. The number of benzene rings is 1. The van der Waals surface area contributed by atoms with Crippen molar-refractivity contribution in [2.45, 2.75) is 10.9 Å². The van der Waals surface area contributed by atoms with Crippen LogP contribution in [0.25, 0.3) is 0 Å². The van der Waals surface area contributed by atoms with Crippen LogP contribution >= 0.6 is 0 Å². The van der Waals surface area contributed by atoms with Crippen molar-refractivity contribution in [3.8, 4) is 0 Å². The molecule has 2 aliphatic heterocycles. The highest BCUT2D eigenvalue weighted by atomic mass is 32.2. The summed E-state index contributed by atoms with van der Waals surface area (Å²) in [4.78, 5) is 16.5. The van der Waals surface area contributed by atoms with Crippen molar-refractivity contribution in [2.75, 3.05) is 45.6 Å². The molecule has 6 nitrogen and oxygen atoms in total. The Morgan fingerprint density at radius 1 is 1.17 bits per heavy atom. The maximum atomic E-state index is 12.4. The van der Waals surface area contributed by atoms with Crippen molar-refractivity contribution in [3.05, 3.63) is 30.3 Å². The van der Waals surface area contributed by atoms with Crippen molar-refractivity contribution in [3.63, 3.8) is 0 Å². The maximum Gasteiger partial charge on any atom is 0.229 e. The smallest absolute Gasteiger partial charge is 0.229 e. The summed E-state index contributed by atoms with van der Waals surface area (Å²) in [6, 6.07) is 8.50. The third-order valence-electron chi connectivity index (χ3n) is 4.60. The Labute approximate surface area is 136 Å². The predicted molar refractivity (Wildman–Crippen MR) is 85.8 cm³/mol. The Bertz CT molecular complexity index is 662. The van der Waals surface area contributed by atoms with Gasteiger partial charge in [0.2, 0.25) is 5.91 Å². The summed E-state index contributed by atoms with van der Waals surface area (Å²) in [7, 11) is -1.49. The van der Waals surface area contributed by atoms with E-state index in [9.17, 15) is 13.2 Å². The highest BCUT2D eigenvalue weighted by molar-refractivity contribution is 7.91. The molecule has 126 valence electrons. The fraction of sp³-hybridized carbons (Fsp3) is 0.562. The van der Waals surface area contributed by atoms with Crippen molar-refractivity contribution in [2.24, 2.45) is 5.92 Å². The second-order valence-electron chi connectivity index (χ2n) is 6.23. The minimum Gasteiger partial charge on any atom is -0.378 e. The molecule has 0 spiro atoms. The van der Waals surface area contributed by atoms with Crippen molar-refractivity contribution >= 4 is 15.7 Å². The van der Waals surface area contributed by atoms with Crippen LogP contribution in [0.4, 0.5) is 0 Å². The monoisotopic (exact) mass is 338 g/mol. The van der Waals surface area contributed by atoms with Gasteiger partial charge in [-0.05, 0) is 12.1 Å². The zero-order valence-corrected chi connectivity index (χ0v) is 14.0.